The highest BCUT2D eigenvalue weighted by Crippen LogP contribution is 2.34. The molecule has 0 aromatic carbocycles. The van der Waals surface area contributed by atoms with Crippen molar-refractivity contribution < 1.29 is 28.2 Å². The van der Waals surface area contributed by atoms with Gasteiger partial charge in [-0.2, -0.15) is 0 Å². The van der Waals surface area contributed by atoms with Gasteiger partial charge in [-0.25, -0.2) is 18.4 Å². The minimum Gasteiger partial charge on any atom is -0.465 e. The van der Waals surface area contributed by atoms with Gasteiger partial charge in [0.2, 0.25) is 0 Å². The first kappa shape index (κ1) is 15.4. The number of carbonyl (C=O) groups excluding carboxylic acids is 1. The van der Waals surface area contributed by atoms with Crippen LogP contribution in [0, 0.1) is 0 Å². The number of esters is 1. The van der Waals surface area contributed by atoms with Crippen molar-refractivity contribution in [3.63, 3.8) is 0 Å². The number of allylic oxidation sites excluding steroid dienone is 1. The van der Waals surface area contributed by atoms with Crippen LogP contribution >= 0.6 is 0 Å². The van der Waals surface area contributed by atoms with E-state index in [0.29, 0.717) is 6.42 Å². The largest absolute Gasteiger partial charge is 0.465 e. The molecular formula is C12H17F2NO4. The molecule has 0 spiro atoms. The third-order valence-corrected chi connectivity index (χ3v) is 2.83. The zero-order chi connectivity index (χ0) is 14.5. The Morgan fingerprint density at radius 3 is 2.79 bits per heavy atom. The Kier molecular flexibility index (Phi) is 5.26. The Balaban J connectivity index is 2.43. The standard InChI is InChI=1S/C12H17F2NO4/c1-2-19-10(16)6-4-3-5-9-7-12(13,14)8-15(9)11(17)18/h4,6,9H,2-3,5,7-8H2,1H3,(H,17,18). The number of likely N-dealkylation sites (tertiary alicyclic amines) is 1. The molecular weight excluding hydrogens is 260 g/mol. The summed E-state index contributed by atoms with van der Waals surface area (Å²) in [5.41, 5.74) is 0. The molecule has 1 saturated heterocycles. The van der Waals surface area contributed by atoms with Gasteiger partial charge >= 0.3 is 12.1 Å². The van der Waals surface area contributed by atoms with Crippen molar-refractivity contribution in [2.75, 3.05) is 13.2 Å². The lowest BCUT2D eigenvalue weighted by Crippen LogP contribution is -2.35. The maximum atomic E-state index is 13.1. The van der Waals surface area contributed by atoms with Crippen molar-refractivity contribution in [3.05, 3.63) is 12.2 Å². The fourth-order valence-electron chi connectivity index (χ4n) is 2.04. The third-order valence-electron chi connectivity index (χ3n) is 2.83. The fourth-order valence-corrected chi connectivity index (χ4v) is 2.04. The monoisotopic (exact) mass is 277 g/mol. The molecule has 1 heterocycles. The molecule has 1 atom stereocenters. The molecule has 1 aliphatic rings. The molecule has 1 unspecified atom stereocenters. The van der Waals surface area contributed by atoms with Crippen LogP contribution in [0.15, 0.2) is 12.2 Å². The van der Waals surface area contributed by atoms with Crippen LogP contribution in [0.1, 0.15) is 26.2 Å². The minimum absolute atomic E-state index is 0.262. The maximum Gasteiger partial charge on any atom is 0.407 e. The van der Waals surface area contributed by atoms with Gasteiger partial charge in [0.1, 0.15) is 0 Å². The van der Waals surface area contributed by atoms with Gasteiger partial charge in [0, 0.05) is 18.5 Å². The van der Waals surface area contributed by atoms with E-state index in [4.69, 9.17) is 5.11 Å². The van der Waals surface area contributed by atoms with E-state index in [1.165, 1.54) is 12.2 Å². The van der Waals surface area contributed by atoms with Crippen LogP contribution in [0.25, 0.3) is 0 Å². The van der Waals surface area contributed by atoms with Gasteiger partial charge in [0.05, 0.1) is 13.2 Å². The van der Waals surface area contributed by atoms with E-state index in [0.717, 1.165) is 4.90 Å². The Morgan fingerprint density at radius 2 is 2.21 bits per heavy atom. The van der Waals surface area contributed by atoms with Crippen molar-refractivity contribution in [2.24, 2.45) is 0 Å². The Hall–Kier alpha value is -1.66. The lowest BCUT2D eigenvalue weighted by atomic mass is 10.1. The first-order valence-electron chi connectivity index (χ1n) is 6.06. The van der Waals surface area contributed by atoms with Crippen LogP contribution in [0.2, 0.25) is 0 Å². The van der Waals surface area contributed by atoms with Gasteiger partial charge in [-0.1, -0.05) is 6.08 Å². The molecule has 5 nitrogen and oxygen atoms in total. The molecule has 0 radical (unpaired) electrons. The highest BCUT2D eigenvalue weighted by molar-refractivity contribution is 5.81. The molecule has 7 heteroatoms. The Bertz CT molecular complexity index is 371. The lowest BCUT2D eigenvalue weighted by molar-refractivity contribution is -0.137. The molecule has 0 aromatic rings. The number of hydrogen-bond donors (Lipinski definition) is 1. The zero-order valence-corrected chi connectivity index (χ0v) is 10.6. The summed E-state index contributed by atoms with van der Waals surface area (Å²) in [6.45, 7) is 1.19. The van der Waals surface area contributed by atoms with Crippen molar-refractivity contribution >= 4 is 12.1 Å². The normalized spacial score (nSPS) is 21.8. The van der Waals surface area contributed by atoms with Crippen LogP contribution < -0.4 is 0 Å². The van der Waals surface area contributed by atoms with E-state index < -0.39 is 37.0 Å². The van der Waals surface area contributed by atoms with Crippen LogP contribution in [0.5, 0.6) is 0 Å². The molecule has 1 rings (SSSR count). The average Bonchev–Trinajstić information content (AvgIpc) is 2.61. The van der Waals surface area contributed by atoms with E-state index in [1.54, 1.807) is 6.92 Å². The number of ether oxygens (including phenoxy) is 1. The van der Waals surface area contributed by atoms with Gasteiger partial charge in [0.25, 0.3) is 5.92 Å². The van der Waals surface area contributed by atoms with Crippen LogP contribution in [-0.4, -0.2) is 47.2 Å². The molecule has 0 aromatic heterocycles. The number of halogens is 2. The summed E-state index contributed by atoms with van der Waals surface area (Å²) in [6, 6.07) is -0.709. The molecule has 1 amide bonds. The summed E-state index contributed by atoms with van der Waals surface area (Å²) in [5.74, 6) is -3.46. The third kappa shape index (κ3) is 4.84. The van der Waals surface area contributed by atoms with Crippen molar-refractivity contribution in [3.8, 4) is 0 Å². The first-order chi connectivity index (χ1) is 8.85. The van der Waals surface area contributed by atoms with Crippen molar-refractivity contribution in [1.82, 2.24) is 4.90 Å². The van der Waals surface area contributed by atoms with Gasteiger partial charge in [-0.3, -0.25) is 4.90 Å². The van der Waals surface area contributed by atoms with E-state index in [9.17, 15) is 18.4 Å². The summed E-state index contributed by atoms with van der Waals surface area (Å²) in [5, 5.41) is 8.83. The number of nitrogens with zero attached hydrogens (tertiary/aromatic N) is 1. The number of rotatable bonds is 5. The Morgan fingerprint density at radius 1 is 1.53 bits per heavy atom. The second-order valence-electron chi connectivity index (χ2n) is 4.36. The summed E-state index contributed by atoms with van der Waals surface area (Å²) in [6.07, 6.45) is 1.54. The van der Waals surface area contributed by atoms with Crippen LogP contribution in [0.3, 0.4) is 0 Å². The van der Waals surface area contributed by atoms with Gasteiger partial charge in [-0.15, -0.1) is 0 Å². The molecule has 108 valence electrons. The number of hydrogen-bond acceptors (Lipinski definition) is 3. The van der Waals surface area contributed by atoms with Crippen molar-refractivity contribution in [2.45, 2.75) is 38.2 Å². The zero-order valence-electron chi connectivity index (χ0n) is 10.6. The first-order valence-corrected chi connectivity index (χ1v) is 6.06. The van der Waals surface area contributed by atoms with Crippen LogP contribution in [-0.2, 0) is 9.53 Å². The maximum absolute atomic E-state index is 13.1. The Labute approximate surface area is 109 Å². The highest BCUT2D eigenvalue weighted by atomic mass is 19.3. The number of carbonyl (C=O) groups is 2. The molecule has 1 aliphatic heterocycles. The molecule has 0 bridgehead atoms. The molecule has 1 fully saturated rings. The van der Waals surface area contributed by atoms with Crippen molar-refractivity contribution in [1.29, 1.82) is 0 Å². The minimum atomic E-state index is -2.96. The van der Waals surface area contributed by atoms with Gasteiger partial charge < -0.3 is 9.84 Å². The van der Waals surface area contributed by atoms with E-state index in [1.807, 2.05) is 0 Å². The SMILES string of the molecule is CCOC(=O)C=CCCC1CC(F)(F)CN1C(=O)O. The summed E-state index contributed by atoms with van der Waals surface area (Å²) in [4.78, 5) is 22.6. The smallest absolute Gasteiger partial charge is 0.407 e. The molecule has 1 N–H and O–H groups in total. The molecule has 19 heavy (non-hydrogen) atoms. The summed E-state index contributed by atoms with van der Waals surface area (Å²) >= 11 is 0. The number of carboxylic acid groups (broad SMARTS) is 1. The van der Waals surface area contributed by atoms with Gasteiger partial charge in [0.15, 0.2) is 0 Å². The lowest BCUT2D eigenvalue weighted by Gasteiger charge is -2.19. The van der Waals surface area contributed by atoms with E-state index in [-0.39, 0.29) is 13.0 Å². The predicted octanol–water partition coefficient (Wildman–Crippen LogP) is 2.27. The quantitative estimate of drug-likeness (QED) is 0.618. The second kappa shape index (κ2) is 6.49. The average molecular weight is 277 g/mol. The molecule has 0 saturated carbocycles. The summed E-state index contributed by atoms with van der Waals surface area (Å²) < 4.78 is 30.9. The van der Waals surface area contributed by atoms with E-state index in [2.05, 4.69) is 4.74 Å². The number of alkyl halides is 2. The topological polar surface area (TPSA) is 66.8 Å². The summed E-state index contributed by atoms with van der Waals surface area (Å²) in [7, 11) is 0. The number of amides is 1. The van der Waals surface area contributed by atoms with Gasteiger partial charge in [-0.05, 0) is 19.8 Å². The highest BCUT2D eigenvalue weighted by Gasteiger charge is 2.46. The predicted molar refractivity (Wildman–Crippen MR) is 63.1 cm³/mol. The second-order valence-corrected chi connectivity index (χ2v) is 4.36. The fraction of sp³-hybridized carbons (Fsp3) is 0.667. The molecule has 0 aliphatic carbocycles. The van der Waals surface area contributed by atoms with E-state index >= 15 is 0 Å². The van der Waals surface area contributed by atoms with Crippen LogP contribution in [0.4, 0.5) is 13.6 Å².